The van der Waals surface area contributed by atoms with Gasteiger partial charge in [0.1, 0.15) is 0 Å². The van der Waals surface area contributed by atoms with Gasteiger partial charge in [0.05, 0.1) is 0 Å². The number of carbonyl (C=O) groups is 1. The summed E-state index contributed by atoms with van der Waals surface area (Å²) in [7, 11) is 0. The van der Waals surface area contributed by atoms with Crippen LogP contribution in [-0.4, -0.2) is 45.2 Å². The first-order chi connectivity index (χ1) is 6.77. The zero-order chi connectivity index (χ0) is 10.6. The van der Waals surface area contributed by atoms with E-state index in [1.807, 2.05) is 0 Å². The van der Waals surface area contributed by atoms with E-state index in [1.165, 1.54) is 6.92 Å². The Morgan fingerprint density at radius 1 is 1.13 bits per heavy atom. The van der Waals surface area contributed by atoms with Crippen molar-refractivity contribution in [3.8, 4) is 0 Å². The SMILES string of the molecule is CC(=O)ONCCNCCNCCN.[Cu]. The second-order valence-corrected chi connectivity index (χ2v) is 2.78. The molecule has 15 heavy (non-hydrogen) atoms. The van der Waals surface area contributed by atoms with Gasteiger partial charge in [-0.2, -0.15) is 5.48 Å². The van der Waals surface area contributed by atoms with Crippen molar-refractivity contribution in [1.82, 2.24) is 16.1 Å². The first-order valence-electron chi connectivity index (χ1n) is 4.79. The van der Waals surface area contributed by atoms with Crippen molar-refractivity contribution < 1.29 is 26.7 Å². The Balaban J connectivity index is 0. The van der Waals surface area contributed by atoms with E-state index in [9.17, 15) is 4.79 Å². The number of carbonyl (C=O) groups excluding carboxylic acids is 1. The van der Waals surface area contributed by atoms with Crippen LogP contribution < -0.4 is 21.8 Å². The van der Waals surface area contributed by atoms with Gasteiger partial charge in [-0.15, -0.1) is 0 Å². The zero-order valence-corrected chi connectivity index (χ0v) is 9.88. The smallest absolute Gasteiger partial charge is 0.321 e. The summed E-state index contributed by atoms with van der Waals surface area (Å²) >= 11 is 0. The van der Waals surface area contributed by atoms with Crippen LogP contribution in [0.3, 0.4) is 0 Å². The van der Waals surface area contributed by atoms with E-state index in [-0.39, 0.29) is 23.0 Å². The molecule has 0 fully saturated rings. The first kappa shape index (κ1) is 17.2. The monoisotopic (exact) mass is 267 g/mol. The minimum absolute atomic E-state index is 0. The normalized spacial score (nSPS) is 9.47. The molecule has 0 spiro atoms. The zero-order valence-electron chi connectivity index (χ0n) is 8.94. The van der Waals surface area contributed by atoms with Gasteiger partial charge in [-0.3, -0.25) is 4.79 Å². The molecule has 1 radical (unpaired) electrons. The summed E-state index contributed by atoms with van der Waals surface area (Å²) < 4.78 is 0. The third kappa shape index (κ3) is 16.5. The molecule has 7 heteroatoms. The van der Waals surface area contributed by atoms with Crippen LogP contribution in [-0.2, 0) is 26.7 Å². The van der Waals surface area contributed by atoms with Crippen molar-refractivity contribution in [2.75, 3.05) is 39.3 Å². The molecule has 0 rings (SSSR count). The van der Waals surface area contributed by atoms with Gasteiger partial charge in [-0.05, 0) is 0 Å². The molecule has 0 aliphatic rings. The molecule has 0 amide bonds. The summed E-state index contributed by atoms with van der Waals surface area (Å²) in [6.07, 6.45) is 0. The maximum absolute atomic E-state index is 10.3. The molecule has 5 N–H and O–H groups in total. The van der Waals surface area contributed by atoms with Crippen LogP contribution in [0.1, 0.15) is 6.92 Å². The summed E-state index contributed by atoms with van der Waals surface area (Å²) in [6.45, 7) is 6.00. The minimum atomic E-state index is -0.324. The molecule has 0 saturated heterocycles. The predicted octanol–water partition coefficient (Wildman–Crippen LogP) is -1.81. The Labute approximate surface area is 101 Å². The third-order valence-corrected chi connectivity index (χ3v) is 1.42. The van der Waals surface area contributed by atoms with E-state index in [0.29, 0.717) is 13.1 Å². The van der Waals surface area contributed by atoms with Gasteiger partial charge in [-0.1, -0.05) is 0 Å². The number of hydrogen-bond acceptors (Lipinski definition) is 6. The van der Waals surface area contributed by atoms with Crippen LogP contribution in [0.5, 0.6) is 0 Å². The maximum Gasteiger partial charge on any atom is 0.321 e. The fourth-order valence-electron chi connectivity index (χ4n) is 0.821. The Hall–Kier alpha value is -0.171. The summed E-state index contributed by atoms with van der Waals surface area (Å²) in [5.74, 6) is -0.324. The topological polar surface area (TPSA) is 88.4 Å². The van der Waals surface area contributed by atoms with Crippen molar-refractivity contribution in [3.05, 3.63) is 0 Å². The van der Waals surface area contributed by atoms with Gasteiger partial charge in [0.25, 0.3) is 0 Å². The largest absolute Gasteiger partial charge is 0.371 e. The second kappa shape index (κ2) is 13.8. The molecule has 0 atom stereocenters. The molecule has 0 aliphatic heterocycles. The number of nitrogens with one attached hydrogen (secondary N) is 3. The van der Waals surface area contributed by atoms with Gasteiger partial charge >= 0.3 is 5.97 Å². The van der Waals surface area contributed by atoms with Crippen LogP contribution in [0.4, 0.5) is 0 Å². The average Bonchev–Trinajstić information content (AvgIpc) is 2.15. The maximum atomic E-state index is 10.3. The van der Waals surface area contributed by atoms with Crippen LogP contribution in [0.2, 0.25) is 0 Å². The molecule has 0 heterocycles. The van der Waals surface area contributed by atoms with Crippen molar-refractivity contribution in [2.45, 2.75) is 6.92 Å². The third-order valence-electron chi connectivity index (χ3n) is 1.42. The Morgan fingerprint density at radius 2 is 1.67 bits per heavy atom. The molecule has 0 aliphatic carbocycles. The van der Waals surface area contributed by atoms with Crippen molar-refractivity contribution in [1.29, 1.82) is 0 Å². The first-order valence-corrected chi connectivity index (χ1v) is 4.79. The molecule has 0 unspecified atom stereocenters. The average molecular weight is 268 g/mol. The number of rotatable bonds is 9. The Bertz CT molecular complexity index is 149. The van der Waals surface area contributed by atoms with E-state index in [4.69, 9.17) is 5.73 Å². The molecule has 0 aromatic carbocycles. The van der Waals surface area contributed by atoms with Gasteiger partial charge in [0, 0.05) is 63.3 Å². The van der Waals surface area contributed by atoms with Crippen molar-refractivity contribution in [3.63, 3.8) is 0 Å². The Kier molecular flexibility index (Phi) is 15.9. The van der Waals surface area contributed by atoms with Crippen LogP contribution in [0, 0.1) is 0 Å². The van der Waals surface area contributed by atoms with E-state index in [1.54, 1.807) is 0 Å². The second-order valence-electron chi connectivity index (χ2n) is 2.78. The molecule has 95 valence electrons. The van der Waals surface area contributed by atoms with Crippen LogP contribution in [0.15, 0.2) is 0 Å². The molecule has 0 aromatic heterocycles. The molecular formula is C8H20CuN4O2. The summed E-state index contributed by atoms with van der Waals surface area (Å²) in [5.41, 5.74) is 7.83. The van der Waals surface area contributed by atoms with E-state index in [0.717, 1.165) is 26.2 Å². The van der Waals surface area contributed by atoms with Gasteiger partial charge in [-0.25, -0.2) is 0 Å². The van der Waals surface area contributed by atoms with Gasteiger partial charge in [0.15, 0.2) is 0 Å². The molecule has 6 nitrogen and oxygen atoms in total. The predicted molar refractivity (Wildman–Crippen MR) is 54.6 cm³/mol. The summed E-state index contributed by atoms with van der Waals surface area (Å²) in [5, 5.41) is 6.31. The molecule has 0 bridgehead atoms. The molecule has 0 saturated carbocycles. The van der Waals surface area contributed by atoms with Crippen molar-refractivity contribution >= 4 is 5.97 Å². The quantitative estimate of drug-likeness (QED) is 0.224. The van der Waals surface area contributed by atoms with E-state index in [2.05, 4.69) is 21.0 Å². The summed E-state index contributed by atoms with van der Waals surface area (Å²) in [6, 6.07) is 0. The number of hydroxylamine groups is 1. The van der Waals surface area contributed by atoms with E-state index >= 15 is 0 Å². The van der Waals surface area contributed by atoms with E-state index < -0.39 is 0 Å². The number of nitrogens with two attached hydrogens (primary N) is 1. The Morgan fingerprint density at radius 3 is 2.20 bits per heavy atom. The van der Waals surface area contributed by atoms with Crippen LogP contribution >= 0.6 is 0 Å². The molecule has 0 aromatic rings. The van der Waals surface area contributed by atoms with Crippen molar-refractivity contribution in [2.24, 2.45) is 5.73 Å². The van der Waals surface area contributed by atoms with Gasteiger partial charge < -0.3 is 21.2 Å². The fourth-order valence-corrected chi connectivity index (χ4v) is 0.821. The minimum Gasteiger partial charge on any atom is -0.371 e. The fraction of sp³-hybridized carbons (Fsp3) is 0.875. The summed E-state index contributed by atoms with van der Waals surface area (Å²) in [4.78, 5) is 14.8. The van der Waals surface area contributed by atoms with Crippen LogP contribution in [0.25, 0.3) is 0 Å². The molecular weight excluding hydrogens is 248 g/mol. The number of hydrogen-bond donors (Lipinski definition) is 4. The van der Waals surface area contributed by atoms with Gasteiger partial charge in [0.2, 0.25) is 0 Å². The standard InChI is InChI=1S/C8H20N4O2.Cu/c1-8(13)14-12-7-6-11-5-4-10-3-2-9;/h10-12H,2-7,9H2,1H3;.